The van der Waals surface area contributed by atoms with Gasteiger partial charge in [0.1, 0.15) is 0 Å². The standard InChI is InChI=1S/C9H20O2/c1-3-5-9(8-11-2)6-4-7-10/h9-10H,3-8H2,1-2H3/t9-/m0/s1. The van der Waals surface area contributed by atoms with E-state index in [9.17, 15) is 0 Å². The Morgan fingerprint density at radius 2 is 2.09 bits per heavy atom. The van der Waals surface area contributed by atoms with Crippen LogP contribution in [0.4, 0.5) is 0 Å². The van der Waals surface area contributed by atoms with Crippen molar-refractivity contribution in [1.82, 2.24) is 0 Å². The molecule has 0 heterocycles. The molecule has 0 aromatic carbocycles. The second-order valence-corrected chi connectivity index (χ2v) is 2.98. The number of hydrogen-bond acceptors (Lipinski definition) is 2. The second kappa shape index (κ2) is 8.02. The van der Waals surface area contributed by atoms with E-state index >= 15 is 0 Å². The van der Waals surface area contributed by atoms with Crippen LogP contribution in [-0.2, 0) is 4.74 Å². The Morgan fingerprint density at radius 3 is 2.55 bits per heavy atom. The highest BCUT2D eigenvalue weighted by Crippen LogP contribution is 2.12. The maximum atomic E-state index is 8.61. The van der Waals surface area contributed by atoms with Crippen molar-refractivity contribution < 1.29 is 9.84 Å². The van der Waals surface area contributed by atoms with E-state index in [1.807, 2.05) is 0 Å². The minimum atomic E-state index is 0.309. The van der Waals surface area contributed by atoms with Gasteiger partial charge in [0.05, 0.1) is 0 Å². The van der Waals surface area contributed by atoms with Gasteiger partial charge in [-0.1, -0.05) is 13.3 Å². The van der Waals surface area contributed by atoms with Crippen LogP contribution < -0.4 is 0 Å². The fourth-order valence-corrected chi connectivity index (χ4v) is 1.33. The minimum Gasteiger partial charge on any atom is -0.396 e. The first kappa shape index (κ1) is 10.9. The van der Waals surface area contributed by atoms with Crippen molar-refractivity contribution in [3.05, 3.63) is 0 Å². The highest BCUT2D eigenvalue weighted by atomic mass is 16.5. The summed E-state index contributed by atoms with van der Waals surface area (Å²) in [5.41, 5.74) is 0. The van der Waals surface area contributed by atoms with E-state index in [4.69, 9.17) is 9.84 Å². The first-order chi connectivity index (χ1) is 5.35. The fraction of sp³-hybridized carbons (Fsp3) is 1.00. The van der Waals surface area contributed by atoms with Crippen LogP contribution >= 0.6 is 0 Å². The lowest BCUT2D eigenvalue weighted by Gasteiger charge is -2.13. The van der Waals surface area contributed by atoms with E-state index in [2.05, 4.69) is 6.92 Å². The number of rotatable bonds is 7. The van der Waals surface area contributed by atoms with Crippen molar-refractivity contribution in [2.75, 3.05) is 20.3 Å². The van der Waals surface area contributed by atoms with Crippen LogP contribution in [0.15, 0.2) is 0 Å². The molecule has 0 rings (SSSR count). The zero-order valence-electron chi connectivity index (χ0n) is 7.68. The first-order valence-corrected chi connectivity index (χ1v) is 4.45. The van der Waals surface area contributed by atoms with Gasteiger partial charge in [-0.2, -0.15) is 0 Å². The third-order valence-electron chi connectivity index (χ3n) is 1.87. The molecule has 0 aliphatic carbocycles. The molecule has 68 valence electrons. The molecule has 2 heteroatoms. The predicted octanol–water partition coefficient (Wildman–Crippen LogP) is 1.82. The van der Waals surface area contributed by atoms with Crippen LogP contribution in [0, 0.1) is 5.92 Å². The molecule has 0 saturated heterocycles. The molecule has 1 N–H and O–H groups in total. The van der Waals surface area contributed by atoms with Crippen molar-refractivity contribution in [3.63, 3.8) is 0 Å². The maximum Gasteiger partial charge on any atom is 0.0490 e. The van der Waals surface area contributed by atoms with Gasteiger partial charge in [0.2, 0.25) is 0 Å². The average Bonchev–Trinajstić information content (AvgIpc) is 2.01. The van der Waals surface area contributed by atoms with Gasteiger partial charge < -0.3 is 9.84 Å². The highest BCUT2D eigenvalue weighted by molar-refractivity contribution is 4.57. The number of ether oxygens (including phenoxy) is 1. The zero-order chi connectivity index (χ0) is 8.53. The molecule has 0 fully saturated rings. The Morgan fingerprint density at radius 1 is 1.36 bits per heavy atom. The lowest BCUT2D eigenvalue weighted by Crippen LogP contribution is -2.08. The quantitative estimate of drug-likeness (QED) is 0.615. The van der Waals surface area contributed by atoms with E-state index in [0.717, 1.165) is 19.4 Å². The summed E-state index contributed by atoms with van der Waals surface area (Å²) >= 11 is 0. The zero-order valence-corrected chi connectivity index (χ0v) is 7.68. The minimum absolute atomic E-state index is 0.309. The number of methoxy groups -OCH3 is 1. The Kier molecular flexibility index (Phi) is 7.96. The SMILES string of the molecule is CCC[C@@H](CCCO)COC. The molecule has 0 aliphatic heterocycles. The summed E-state index contributed by atoms with van der Waals surface area (Å²) in [7, 11) is 1.74. The third-order valence-corrected chi connectivity index (χ3v) is 1.87. The van der Waals surface area contributed by atoms with Crippen molar-refractivity contribution in [2.24, 2.45) is 5.92 Å². The number of aliphatic hydroxyl groups excluding tert-OH is 1. The summed E-state index contributed by atoms with van der Waals surface area (Å²) in [5, 5.41) is 8.61. The van der Waals surface area contributed by atoms with Gasteiger partial charge in [-0.05, 0) is 25.2 Å². The molecule has 0 bridgehead atoms. The molecule has 0 amide bonds. The number of aliphatic hydroxyl groups is 1. The van der Waals surface area contributed by atoms with Crippen LogP contribution in [0.2, 0.25) is 0 Å². The summed E-state index contributed by atoms with van der Waals surface area (Å²) < 4.78 is 5.07. The predicted molar refractivity (Wildman–Crippen MR) is 46.6 cm³/mol. The van der Waals surface area contributed by atoms with Gasteiger partial charge in [0, 0.05) is 20.3 Å². The monoisotopic (exact) mass is 160 g/mol. The molecular weight excluding hydrogens is 140 g/mol. The number of hydrogen-bond donors (Lipinski definition) is 1. The van der Waals surface area contributed by atoms with Gasteiger partial charge >= 0.3 is 0 Å². The molecule has 1 atom stereocenters. The fourth-order valence-electron chi connectivity index (χ4n) is 1.33. The summed E-state index contributed by atoms with van der Waals surface area (Å²) in [6.45, 7) is 3.33. The molecule has 0 aromatic rings. The molecule has 11 heavy (non-hydrogen) atoms. The van der Waals surface area contributed by atoms with Crippen molar-refractivity contribution in [3.8, 4) is 0 Å². The van der Waals surface area contributed by atoms with Gasteiger partial charge in [-0.15, -0.1) is 0 Å². The van der Waals surface area contributed by atoms with Crippen molar-refractivity contribution in [2.45, 2.75) is 32.6 Å². The Hall–Kier alpha value is -0.0800. The largest absolute Gasteiger partial charge is 0.396 e. The highest BCUT2D eigenvalue weighted by Gasteiger charge is 2.05. The Balaban J connectivity index is 3.34. The van der Waals surface area contributed by atoms with E-state index in [1.165, 1.54) is 12.8 Å². The van der Waals surface area contributed by atoms with Crippen LogP contribution in [0.1, 0.15) is 32.6 Å². The van der Waals surface area contributed by atoms with Gasteiger partial charge in [-0.25, -0.2) is 0 Å². The topological polar surface area (TPSA) is 29.5 Å². The van der Waals surface area contributed by atoms with Crippen LogP contribution in [0.25, 0.3) is 0 Å². The molecule has 0 spiro atoms. The molecule has 0 aliphatic rings. The third kappa shape index (κ3) is 6.32. The molecule has 2 nitrogen and oxygen atoms in total. The summed E-state index contributed by atoms with van der Waals surface area (Å²) in [6.07, 6.45) is 4.43. The van der Waals surface area contributed by atoms with Crippen molar-refractivity contribution >= 4 is 0 Å². The summed E-state index contributed by atoms with van der Waals surface area (Å²) in [6, 6.07) is 0. The van der Waals surface area contributed by atoms with Crippen molar-refractivity contribution in [1.29, 1.82) is 0 Å². The second-order valence-electron chi connectivity index (χ2n) is 2.98. The van der Waals surface area contributed by atoms with Crippen LogP contribution in [0.3, 0.4) is 0 Å². The van der Waals surface area contributed by atoms with Crippen LogP contribution in [0.5, 0.6) is 0 Å². The van der Waals surface area contributed by atoms with Crippen LogP contribution in [-0.4, -0.2) is 25.4 Å². The van der Waals surface area contributed by atoms with Gasteiger partial charge in [0.15, 0.2) is 0 Å². The molecule has 0 radical (unpaired) electrons. The van der Waals surface area contributed by atoms with E-state index in [1.54, 1.807) is 7.11 Å². The van der Waals surface area contributed by atoms with E-state index in [0.29, 0.717) is 12.5 Å². The summed E-state index contributed by atoms with van der Waals surface area (Å²) in [5.74, 6) is 0.650. The molecule has 0 aromatic heterocycles. The summed E-state index contributed by atoms with van der Waals surface area (Å²) in [4.78, 5) is 0. The van der Waals surface area contributed by atoms with E-state index < -0.39 is 0 Å². The molecule has 0 saturated carbocycles. The first-order valence-electron chi connectivity index (χ1n) is 4.45. The lowest BCUT2D eigenvalue weighted by molar-refractivity contribution is 0.136. The van der Waals surface area contributed by atoms with Gasteiger partial charge in [0.25, 0.3) is 0 Å². The normalized spacial score (nSPS) is 13.4. The lowest BCUT2D eigenvalue weighted by atomic mass is 9.99. The Bertz CT molecular complexity index is 68.0. The molecule has 0 unspecified atom stereocenters. The maximum absolute atomic E-state index is 8.61. The molecular formula is C9H20O2. The van der Waals surface area contributed by atoms with E-state index in [-0.39, 0.29) is 0 Å². The Labute approximate surface area is 69.6 Å². The average molecular weight is 160 g/mol. The smallest absolute Gasteiger partial charge is 0.0490 e. The van der Waals surface area contributed by atoms with Gasteiger partial charge in [-0.3, -0.25) is 0 Å².